The summed E-state index contributed by atoms with van der Waals surface area (Å²) in [6, 6.07) is 0. The maximum Gasteiger partial charge on any atom is 0.0968 e. The maximum atomic E-state index is 4.71. The topological polar surface area (TPSA) is 21.1 Å². The van der Waals surface area contributed by atoms with E-state index in [1.807, 2.05) is 11.8 Å². The third kappa shape index (κ3) is 1.91. The predicted molar refractivity (Wildman–Crippen MR) is 71.5 cm³/mol. The van der Waals surface area contributed by atoms with Gasteiger partial charge in [0.1, 0.15) is 0 Å². The average Bonchev–Trinajstić information content (AvgIpc) is 2.60. The number of piperidine rings is 1. The number of aryl methyl sites for hydroxylation is 1. The third-order valence-corrected chi connectivity index (χ3v) is 5.28. The van der Waals surface area contributed by atoms with Gasteiger partial charge in [-0.1, -0.05) is 0 Å². The highest BCUT2D eigenvalue weighted by Crippen LogP contribution is 2.38. The minimum Gasteiger partial charge on any atom is -0.306 e. The summed E-state index contributed by atoms with van der Waals surface area (Å²) in [5, 5.41) is 6.10. The van der Waals surface area contributed by atoms with Crippen LogP contribution in [-0.2, 0) is 19.9 Å². The highest BCUT2D eigenvalue weighted by Gasteiger charge is 2.35. The minimum atomic E-state index is 0.858. The SMILES string of the molecule is CSc1c2c(nn1C)C[C@@H]1CCN(C)C[C@H]1C2. The van der Waals surface area contributed by atoms with E-state index in [1.165, 1.54) is 48.6 Å². The molecule has 94 valence electrons. The van der Waals surface area contributed by atoms with Crippen molar-refractivity contribution in [2.24, 2.45) is 18.9 Å². The van der Waals surface area contributed by atoms with E-state index in [-0.39, 0.29) is 0 Å². The van der Waals surface area contributed by atoms with Gasteiger partial charge >= 0.3 is 0 Å². The van der Waals surface area contributed by atoms with Crippen molar-refractivity contribution in [3.05, 3.63) is 11.3 Å². The van der Waals surface area contributed by atoms with Crippen LogP contribution in [0.25, 0.3) is 0 Å². The molecule has 0 unspecified atom stereocenters. The Bertz CT molecular complexity index is 427. The van der Waals surface area contributed by atoms with Crippen LogP contribution in [0.2, 0.25) is 0 Å². The average molecular weight is 251 g/mol. The molecule has 1 saturated heterocycles. The molecule has 3 nitrogen and oxygen atoms in total. The quantitative estimate of drug-likeness (QED) is 0.710. The van der Waals surface area contributed by atoms with Gasteiger partial charge in [-0.15, -0.1) is 11.8 Å². The molecule has 1 aliphatic heterocycles. The number of hydrogen-bond acceptors (Lipinski definition) is 3. The van der Waals surface area contributed by atoms with Crippen molar-refractivity contribution >= 4 is 11.8 Å². The first-order chi connectivity index (χ1) is 8.19. The molecule has 1 aliphatic carbocycles. The number of fused-ring (bicyclic) bond motifs is 2. The largest absolute Gasteiger partial charge is 0.306 e. The Kier molecular flexibility index (Phi) is 2.95. The molecule has 0 aromatic carbocycles. The van der Waals surface area contributed by atoms with Crippen LogP contribution < -0.4 is 0 Å². The fourth-order valence-corrected chi connectivity index (χ4v) is 4.26. The molecule has 0 saturated carbocycles. The van der Waals surface area contributed by atoms with Gasteiger partial charge in [-0.25, -0.2) is 0 Å². The first-order valence-electron chi connectivity index (χ1n) is 6.46. The number of rotatable bonds is 1. The van der Waals surface area contributed by atoms with E-state index in [0.717, 1.165) is 11.8 Å². The van der Waals surface area contributed by atoms with Crippen LogP contribution in [0.3, 0.4) is 0 Å². The molecule has 2 atom stereocenters. The van der Waals surface area contributed by atoms with Crippen molar-refractivity contribution < 1.29 is 0 Å². The van der Waals surface area contributed by atoms with E-state index in [4.69, 9.17) is 5.10 Å². The molecule has 0 bridgehead atoms. The summed E-state index contributed by atoms with van der Waals surface area (Å²) in [5.74, 6) is 1.74. The molecule has 0 amide bonds. The Hall–Kier alpha value is -0.480. The summed E-state index contributed by atoms with van der Waals surface area (Å²) in [7, 11) is 4.34. The monoisotopic (exact) mass is 251 g/mol. The molecular weight excluding hydrogens is 230 g/mol. The lowest BCUT2D eigenvalue weighted by atomic mass is 9.74. The summed E-state index contributed by atoms with van der Waals surface area (Å²) in [4.78, 5) is 2.49. The van der Waals surface area contributed by atoms with Crippen molar-refractivity contribution in [3.8, 4) is 0 Å². The zero-order valence-electron chi connectivity index (χ0n) is 10.9. The molecule has 2 aliphatic rings. The zero-order valence-corrected chi connectivity index (χ0v) is 11.8. The van der Waals surface area contributed by atoms with Crippen molar-refractivity contribution in [2.75, 3.05) is 26.4 Å². The molecule has 0 radical (unpaired) electrons. The number of nitrogens with zero attached hydrogens (tertiary/aromatic N) is 3. The van der Waals surface area contributed by atoms with Gasteiger partial charge in [-0.05, 0) is 50.9 Å². The zero-order chi connectivity index (χ0) is 12.0. The first kappa shape index (κ1) is 11.6. The standard InChI is InChI=1S/C13H21N3S/c1-15-5-4-9-7-12-11(6-10(9)8-15)13(17-3)16(2)14-12/h9-10H,4-8H2,1-3H3/t9-,10+/m0/s1. The van der Waals surface area contributed by atoms with E-state index >= 15 is 0 Å². The van der Waals surface area contributed by atoms with Gasteiger partial charge in [0.05, 0.1) is 10.7 Å². The second kappa shape index (κ2) is 4.32. The highest BCUT2D eigenvalue weighted by atomic mass is 32.2. The second-order valence-corrected chi connectivity index (χ2v) is 6.33. The van der Waals surface area contributed by atoms with E-state index < -0.39 is 0 Å². The van der Waals surface area contributed by atoms with Crippen LogP contribution in [0, 0.1) is 11.8 Å². The van der Waals surface area contributed by atoms with E-state index in [9.17, 15) is 0 Å². The number of hydrogen-bond donors (Lipinski definition) is 0. The van der Waals surface area contributed by atoms with Crippen molar-refractivity contribution in [2.45, 2.75) is 24.3 Å². The summed E-state index contributed by atoms with van der Waals surface area (Å²) >= 11 is 1.84. The Morgan fingerprint density at radius 3 is 2.82 bits per heavy atom. The van der Waals surface area contributed by atoms with Gasteiger partial charge in [0.2, 0.25) is 0 Å². The van der Waals surface area contributed by atoms with Gasteiger partial charge in [-0.3, -0.25) is 4.68 Å². The summed E-state index contributed by atoms with van der Waals surface area (Å²) in [5.41, 5.74) is 2.92. The van der Waals surface area contributed by atoms with Gasteiger partial charge < -0.3 is 4.90 Å². The first-order valence-corrected chi connectivity index (χ1v) is 7.68. The molecule has 2 heterocycles. The molecule has 4 heteroatoms. The van der Waals surface area contributed by atoms with E-state index in [2.05, 4.69) is 29.9 Å². The fourth-order valence-electron chi connectivity index (χ4n) is 3.50. The lowest BCUT2D eigenvalue weighted by Crippen LogP contribution is -2.41. The Labute approximate surface area is 108 Å². The number of likely N-dealkylation sites (tertiary alicyclic amines) is 1. The van der Waals surface area contributed by atoms with Gasteiger partial charge in [-0.2, -0.15) is 5.10 Å². The fraction of sp³-hybridized carbons (Fsp3) is 0.769. The lowest BCUT2D eigenvalue weighted by molar-refractivity contribution is 0.133. The molecule has 3 rings (SSSR count). The molecular formula is C13H21N3S. The molecule has 1 aromatic heterocycles. The minimum absolute atomic E-state index is 0.858. The summed E-state index contributed by atoms with van der Waals surface area (Å²) < 4.78 is 2.08. The summed E-state index contributed by atoms with van der Waals surface area (Å²) in [6.07, 6.45) is 5.97. The summed E-state index contributed by atoms with van der Waals surface area (Å²) in [6.45, 7) is 2.53. The van der Waals surface area contributed by atoms with E-state index in [1.54, 1.807) is 0 Å². The smallest absolute Gasteiger partial charge is 0.0968 e. The lowest BCUT2D eigenvalue weighted by Gasteiger charge is -2.39. The normalized spacial score (nSPS) is 28.9. The highest BCUT2D eigenvalue weighted by molar-refractivity contribution is 7.98. The predicted octanol–water partition coefficient (Wildman–Crippen LogP) is 1.81. The van der Waals surface area contributed by atoms with Crippen molar-refractivity contribution in [1.82, 2.24) is 14.7 Å². The molecule has 0 N–H and O–H groups in total. The maximum absolute atomic E-state index is 4.71. The Morgan fingerprint density at radius 1 is 1.24 bits per heavy atom. The third-order valence-electron chi connectivity index (χ3n) is 4.38. The van der Waals surface area contributed by atoms with Crippen molar-refractivity contribution in [3.63, 3.8) is 0 Å². The molecule has 1 fully saturated rings. The Morgan fingerprint density at radius 2 is 2.06 bits per heavy atom. The van der Waals surface area contributed by atoms with Crippen molar-refractivity contribution in [1.29, 1.82) is 0 Å². The van der Waals surface area contributed by atoms with Gasteiger partial charge in [0, 0.05) is 19.2 Å². The van der Waals surface area contributed by atoms with Gasteiger partial charge in [0.25, 0.3) is 0 Å². The number of thioether (sulfide) groups is 1. The van der Waals surface area contributed by atoms with Gasteiger partial charge in [0.15, 0.2) is 0 Å². The molecule has 17 heavy (non-hydrogen) atoms. The van der Waals surface area contributed by atoms with Crippen LogP contribution in [0.4, 0.5) is 0 Å². The molecule has 0 spiro atoms. The van der Waals surface area contributed by atoms with Crippen LogP contribution in [0.5, 0.6) is 0 Å². The van der Waals surface area contributed by atoms with Crippen LogP contribution in [0.15, 0.2) is 5.03 Å². The van der Waals surface area contributed by atoms with Crippen LogP contribution in [-0.4, -0.2) is 41.1 Å². The van der Waals surface area contributed by atoms with Crippen LogP contribution in [0.1, 0.15) is 17.7 Å². The van der Waals surface area contributed by atoms with E-state index in [0.29, 0.717) is 0 Å². The van der Waals surface area contributed by atoms with Crippen LogP contribution >= 0.6 is 11.8 Å². The Balaban J connectivity index is 1.92. The number of aromatic nitrogens is 2. The second-order valence-electron chi connectivity index (χ2n) is 5.54. The molecule has 1 aromatic rings.